The zero-order chi connectivity index (χ0) is 30.3. The molecule has 0 aliphatic carbocycles. The van der Waals surface area contributed by atoms with Gasteiger partial charge in [-0.3, -0.25) is 0 Å². The molecule has 0 saturated heterocycles. The number of aromatic hydroxyl groups is 1. The van der Waals surface area contributed by atoms with Crippen LogP contribution in [0.25, 0.3) is 0 Å². The van der Waals surface area contributed by atoms with Crippen molar-refractivity contribution < 1.29 is 62.6 Å². The second kappa shape index (κ2) is 15.2. The van der Waals surface area contributed by atoms with Crippen molar-refractivity contribution in [2.75, 3.05) is 6.61 Å². The van der Waals surface area contributed by atoms with Crippen molar-refractivity contribution in [1.82, 2.24) is 0 Å². The van der Waals surface area contributed by atoms with E-state index in [0.717, 1.165) is 11.1 Å². The van der Waals surface area contributed by atoms with Crippen molar-refractivity contribution in [3.8, 4) is 11.5 Å². The van der Waals surface area contributed by atoms with Crippen LogP contribution in [0.5, 0.6) is 11.5 Å². The maximum atomic E-state index is 12.6. The third-order valence-electron chi connectivity index (χ3n) is 7.41. The summed E-state index contributed by atoms with van der Waals surface area (Å²) in [4.78, 5) is 4.45. The number of aliphatic hydroxyl groups is 2. The number of allylic oxidation sites excluding steroid dienone is 1. The van der Waals surface area contributed by atoms with Gasteiger partial charge in [-0.25, -0.2) is 13.4 Å². The predicted octanol–water partition coefficient (Wildman–Crippen LogP) is -0.0176. The van der Waals surface area contributed by atoms with Crippen molar-refractivity contribution in [2.24, 2.45) is 22.4 Å². The largest absolute Gasteiger partial charge is 1.00 e. The van der Waals surface area contributed by atoms with Crippen molar-refractivity contribution in [2.45, 2.75) is 49.2 Å². The minimum absolute atomic E-state index is 0. The van der Waals surface area contributed by atoms with Crippen LogP contribution in [-0.2, 0) is 28.7 Å². The Labute approximate surface area is 274 Å². The number of hydrogen-bond donors (Lipinski definition) is 5. The molecule has 0 aromatic heterocycles. The van der Waals surface area contributed by atoms with E-state index in [-0.39, 0.29) is 67.1 Å². The van der Waals surface area contributed by atoms with E-state index < -0.39 is 33.1 Å². The zero-order valence-electron chi connectivity index (χ0n) is 24.0. The van der Waals surface area contributed by atoms with Gasteiger partial charge in [-0.2, -0.15) is 0 Å². The van der Waals surface area contributed by atoms with Gasteiger partial charge in [0.25, 0.3) is 0 Å². The number of nitrogens with two attached hydrogens (primary N) is 2. The van der Waals surface area contributed by atoms with E-state index in [2.05, 4.69) is 4.99 Å². The molecule has 3 aromatic rings. The number of phenols is 1. The first kappa shape index (κ1) is 34.6. The number of benzene rings is 3. The van der Waals surface area contributed by atoms with Gasteiger partial charge in [-0.05, 0) is 72.6 Å². The first-order valence-corrected chi connectivity index (χ1v) is 15.2. The third-order valence-corrected chi connectivity index (χ3v) is 8.74. The molecule has 12 heteroatoms. The van der Waals surface area contributed by atoms with E-state index >= 15 is 0 Å². The molecular weight excluding hydrogens is 581 g/mol. The second-order valence-corrected chi connectivity index (χ2v) is 12.0. The van der Waals surface area contributed by atoms with Gasteiger partial charge in [-0.1, -0.05) is 60.7 Å². The van der Waals surface area contributed by atoms with Crippen molar-refractivity contribution in [3.05, 3.63) is 107 Å². The first-order chi connectivity index (χ1) is 20.0. The summed E-state index contributed by atoms with van der Waals surface area (Å²) < 4.78 is 44.1. The number of ether oxygens (including phenoxy) is 1. The Morgan fingerprint density at radius 2 is 1.67 bits per heavy atom. The molecule has 0 radical (unpaired) electrons. The Balaban J connectivity index is 0.00000506. The van der Waals surface area contributed by atoms with E-state index in [1.165, 1.54) is 18.2 Å². The number of guanidine groups is 1. The molecule has 0 fully saturated rings. The fourth-order valence-corrected chi connectivity index (χ4v) is 6.27. The molecule has 4 aliphatic rings. The van der Waals surface area contributed by atoms with E-state index in [0.29, 0.717) is 29.7 Å². The monoisotopic (exact) mass is 617 g/mol. The normalized spacial score (nSPS) is 21.3. The van der Waals surface area contributed by atoms with Crippen molar-refractivity contribution in [1.29, 1.82) is 0 Å². The molecule has 4 heterocycles. The van der Waals surface area contributed by atoms with E-state index in [1.807, 2.05) is 0 Å². The van der Waals surface area contributed by atoms with Crippen LogP contribution in [0.15, 0.2) is 89.9 Å². The summed E-state index contributed by atoms with van der Waals surface area (Å²) in [5.74, 6) is -0.413. The molecule has 7 N–H and O–H groups in total. The molecule has 0 unspecified atom stereocenters. The number of aliphatic imine (C=N–C) groups is 1. The molecular formula is C31H36N3NaO7S. The number of aliphatic hydroxyl groups excluding tert-OH is 2. The van der Waals surface area contributed by atoms with Gasteiger partial charge >= 0.3 is 29.6 Å². The molecule has 7 rings (SSSR count). The topological polar surface area (TPSA) is 192 Å². The molecule has 10 nitrogen and oxygen atoms in total. The minimum Gasteiger partial charge on any atom is -0.748 e. The molecule has 4 aliphatic heterocycles. The van der Waals surface area contributed by atoms with Gasteiger partial charge in [-0.15, -0.1) is 0 Å². The SMILES string of the molecule is NC(N)=N[C@]1(CCCO)Oc2ccc(cc2)CC[C@@H](S(=O)(=O)[O-])[C@H](/C=C/[C@@H](O)c2ccc(O)cc2)Cc2ccc1cc2.[Na+]. The van der Waals surface area contributed by atoms with E-state index in [1.54, 1.807) is 66.7 Å². The summed E-state index contributed by atoms with van der Waals surface area (Å²) in [6.45, 7) is -0.100. The van der Waals surface area contributed by atoms with Gasteiger partial charge in [0.05, 0.1) is 21.5 Å². The number of hydrogen-bond acceptors (Lipinski definition) is 8. The Hall–Kier alpha value is -2.90. The molecule has 43 heavy (non-hydrogen) atoms. The van der Waals surface area contributed by atoms with Crippen LogP contribution in [0.1, 0.15) is 47.6 Å². The fourth-order valence-electron chi connectivity index (χ4n) is 5.25. The van der Waals surface area contributed by atoms with Crippen LogP contribution in [0.2, 0.25) is 0 Å². The summed E-state index contributed by atoms with van der Waals surface area (Å²) >= 11 is 0. The molecule has 224 valence electrons. The Morgan fingerprint density at radius 1 is 1.05 bits per heavy atom. The molecule has 3 aromatic carbocycles. The predicted molar refractivity (Wildman–Crippen MR) is 159 cm³/mol. The zero-order valence-corrected chi connectivity index (χ0v) is 26.9. The third kappa shape index (κ3) is 9.29. The van der Waals surface area contributed by atoms with Crippen LogP contribution in [0.4, 0.5) is 0 Å². The summed E-state index contributed by atoms with van der Waals surface area (Å²) in [6.07, 6.45) is 3.21. The number of rotatable bonds is 8. The molecule has 4 atom stereocenters. The summed E-state index contributed by atoms with van der Waals surface area (Å²) in [6, 6.07) is 20.2. The fraction of sp³-hybridized carbons (Fsp3) is 0.323. The number of nitrogens with zero attached hydrogens (tertiary/aromatic N) is 1. The Kier molecular flexibility index (Phi) is 12.2. The van der Waals surface area contributed by atoms with Crippen molar-refractivity contribution >= 4 is 16.1 Å². The second-order valence-electron chi connectivity index (χ2n) is 10.5. The van der Waals surface area contributed by atoms with Crippen LogP contribution in [-0.4, -0.2) is 46.1 Å². The maximum Gasteiger partial charge on any atom is 1.00 e. The van der Waals surface area contributed by atoms with E-state index in [9.17, 15) is 28.3 Å². The Bertz CT molecular complexity index is 1490. The minimum atomic E-state index is -4.73. The maximum absolute atomic E-state index is 12.6. The van der Waals surface area contributed by atoms with Gasteiger partial charge in [0.1, 0.15) is 11.5 Å². The summed E-state index contributed by atoms with van der Waals surface area (Å²) in [7, 11) is -4.73. The standard InChI is InChI=1S/C31H37N3O7S.Na/c32-30(33)34-31(18-1-19-35)25-10-2-22(3-11-25)20-24(9-16-28(37)23-7-12-26(36)13-8-23)29(42(38,39)40)17-6-21-4-14-27(41-31)15-5-21;/h2-5,7-16,24,28-29,35-37H,1,6,17-20H2,(H4,32,33,34)(H,38,39,40);/q;+1/p-1/b16-9+;/t24-,28-,29-,31-;/m1./s1. The quantitative estimate of drug-likeness (QED) is 0.0760. The van der Waals surface area contributed by atoms with Gasteiger partial charge in [0.2, 0.25) is 5.72 Å². The van der Waals surface area contributed by atoms with Crippen LogP contribution in [0, 0.1) is 5.92 Å². The molecule has 0 saturated carbocycles. The van der Waals surface area contributed by atoms with Gasteiger partial charge in [0, 0.05) is 18.6 Å². The number of phenolic OH excluding ortho intramolecular Hbond substituents is 1. The Morgan fingerprint density at radius 3 is 2.26 bits per heavy atom. The molecule has 0 amide bonds. The van der Waals surface area contributed by atoms with Gasteiger partial charge in [0.15, 0.2) is 5.96 Å². The first-order valence-electron chi connectivity index (χ1n) is 13.7. The van der Waals surface area contributed by atoms with Crippen LogP contribution >= 0.6 is 0 Å². The average molecular weight is 618 g/mol. The summed E-state index contributed by atoms with van der Waals surface area (Å²) in [5, 5.41) is 28.6. The van der Waals surface area contributed by atoms with Gasteiger partial charge < -0.3 is 36.1 Å². The van der Waals surface area contributed by atoms with Crippen LogP contribution in [0.3, 0.4) is 0 Å². The molecule has 0 spiro atoms. The smallest absolute Gasteiger partial charge is 0.748 e. The van der Waals surface area contributed by atoms with Crippen LogP contribution < -0.4 is 45.8 Å². The van der Waals surface area contributed by atoms with Crippen molar-refractivity contribution in [3.63, 3.8) is 0 Å². The number of aryl methyl sites for hydroxylation is 1. The summed E-state index contributed by atoms with van der Waals surface area (Å²) in [5.41, 5.74) is 13.0. The molecule has 4 bridgehead atoms. The average Bonchev–Trinajstić information content (AvgIpc) is 2.95. The van der Waals surface area contributed by atoms with E-state index in [4.69, 9.17) is 16.2 Å².